The highest BCUT2D eigenvalue weighted by atomic mass is 16.5. The van der Waals surface area contributed by atoms with Gasteiger partial charge in [0.05, 0.1) is 24.6 Å². The number of rotatable bonds is 7. The summed E-state index contributed by atoms with van der Waals surface area (Å²) in [6.07, 6.45) is 3.80. The van der Waals surface area contributed by atoms with E-state index < -0.39 is 0 Å². The molecule has 0 bridgehead atoms. The predicted molar refractivity (Wildman–Crippen MR) is 138 cm³/mol. The molecule has 7 nitrogen and oxygen atoms in total. The summed E-state index contributed by atoms with van der Waals surface area (Å²) in [4.78, 5) is 21.4. The Balaban J connectivity index is 1.46. The summed E-state index contributed by atoms with van der Waals surface area (Å²) in [5, 5.41) is 9.60. The van der Waals surface area contributed by atoms with Crippen LogP contribution in [0.25, 0.3) is 21.9 Å². The maximum absolute atomic E-state index is 13.3. The van der Waals surface area contributed by atoms with E-state index in [1.807, 2.05) is 48.1 Å². The molecule has 0 saturated carbocycles. The minimum atomic E-state index is -0.146. The molecule has 0 aliphatic carbocycles. The molecule has 3 heterocycles. The molecule has 1 atom stereocenters. The lowest BCUT2D eigenvalue weighted by Crippen LogP contribution is -2.29. The largest absolute Gasteiger partial charge is 0.497 e. The van der Waals surface area contributed by atoms with E-state index in [9.17, 15) is 4.79 Å². The molecule has 0 radical (unpaired) electrons. The Bertz CT molecular complexity index is 1500. The van der Waals surface area contributed by atoms with Gasteiger partial charge >= 0.3 is 0 Å². The fourth-order valence-electron chi connectivity index (χ4n) is 4.59. The summed E-state index contributed by atoms with van der Waals surface area (Å²) >= 11 is 0. The van der Waals surface area contributed by atoms with Crippen LogP contribution in [0.4, 0.5) is 0 Å². The first-order valence-corrected chi connectivity index (χ1v) is 11.8. The van der Waals surface area contributed by atoms with Gasteiger partial charge in [0.2, 0.25) is 0 Å². The van der Waals surface area contributed by atoms with E-state index in [-0.39, 0.29) is 17.9 Å². The fourth-order valence-corrected chi connectivity index (χ4v) is 4.59. The number of fused-ring (bicyclic) bond motifs is 2. The van der Waals surface area contributed by atoms with E-state index in [1.54, 1.807) is 13.3 Å². The smallest absolute Gasteiger partial charge is 0.253 e. The van der Waals surface area contributed by atoms with Gasteiger partial charge in [0, 0.05) is 41.0 Å². The highest BCUT2D eigenvalue weighted by Crippen LogP contribution is 2.31. The molecule has 0 fully saturated rings. The number of para-hydroxylation sites is 1. The average molecular weight is 468 g/mol. The van der Waals surface area contributed by atoms with Gasteiger partial charge in [0.1, 0.15) is 5.75 Å². The van der Waals surface area contributed by atoms with Gasteiger partial charge in [-0.05, 0) is 56.2 Å². The molecule has 2 N–H and O–H groups in total. The zero-order chi connectivity index (χ0) is 24.5. The number of H-pyrrole nitrogens is 1. The lowest BCUT2D eigenvalue weighted by molar-refractivity contribution is 0.0951. The number of carbonyl (C=O) groups is 1. The van der Waals surface area contributed by atoms with Crippen LogP contribution in [0.2, 0.25) is 0 Å². The first kappa shape index (κ1) is 22.7. The second kappa shape index (κ2) is 9.25. The van der Waals surface area contributed by atoms with E-state index >= 15 is 0 Å². The number of carbonyl (C=O) groups excluding carboxylic acids is 1. The van der Waals surface area contributed by atoms with Crippen LogP contribution in [0.15, 0.2) is 67.0 Å². The van der Waals surface area contributed by atoms with Gasteiger partial charge in [-0.15, -0.1) is 0 Å². The molecular formula is C28H29N5O2. The Labute approximate surface area is 204 Å². The summed E-state index contributed by atoms with van der Waals surface area (Å²) in [5.74, 6) is 0.613. The number of hydrogen-bond acceptors (Lipinski definition) is 4. The maximum atomic E-state index is 13.3. The second-order valence-corrected chi connectivity index (χ2v) is 9.04. The number of aromatic nitrogens is 4. The van der Waals surface area contributed by atoms with Crippen molar-refractivity contribution in [1.82, 2.24) is 25.1 Å². The van der Waals surface area contributed by atoms with E-state index in [4.69, 9.17) is 9.72 Å². The number of amides is 1. The van der Waals surface area contributed by atoms with Crippen LogP contribution in [0.3, 0.4) is 0 Å². The molecule has 0 aliphatic rings. The number of hydrogen-bond donors (Lipinski definition) is 2. The SMILES string of the molecule is COc1ccc(C(CNC(=O)c2cc3cnn(C(C)C)c3nc2C)c2c[nH]c3ccccc23)cc1. The van der Waals surface area contributed by atoms with Crippen molar-refractivity contribution < 1.29 is 9.53 Å². The third-order valence-electron chi connectivity index (χ3n) is 6.47. The molecule has 2 aromatic carbocycles. The quantitative estimate of drug-likeness (QED) is 0.337. The van der Waals surface area contributed by atoms with Crippen molar-refractivity contribution >= 4 is 27.8 Å². The first-order valence-electron chi connectivity index (χ1n) is 11.8. The predicted octanol–water partition coefficient (Wildman–Crippen LogP) is 5.37. The van der Waals surface area contributed by atoms with Crippen LogP contribution >= 0.6 is 0 Å². The Hall–Kier alpha value is -4.13. The standard InChI is InChI=1S/C28H29N5O2/c1-17(2)33-27-20(14-31-33)13-23(18(3)32-27)28(34)30-15-24(19-9-11-21(35-4)12-10-19)25-16-29-26-8-6-5-7-22(25)26/h5-14,16-17,24,29H,15H2,1-4H3,(H,30,34). The summed E-state index contributed by atoms with van der Waals surface area (Å²) in [7, 11) is 1.66. The number of ether oxygens (including phenoxy) is 1. The lowest BCUT2D eigenvalue weighted by Gasteiger charge is -2.19. The van der Waals surface area contributed by atoms with E-state index in [1.165, 1.54) is 0 Å². The molecule has 7 heteroatoms. The number of pyridine rings is 1. The molecule has 1 amide bonds. The van der Waals surface area contributed by atoms with Gasteiger partial charge in [-0.2, -0.15) is 5.10 Å². The molecule has 178 valence electrons. The highest BCUT2D eigenvalue weighted by molar-refractivity contribution is 5.98. The van der Waals surface area contributed by atoms with Crippen molar-refractivity contribution in [3.05, 3.63) is 89.4 Å². The summed E-state index contributed by atoms with van der Waals surface area (Å²) in [5.41, 5.74) is 5.34. The number of methoxy groups -OCH3 is 1. The Morgan fingerprint density at radius 3 is 2.66 bits per heavy atom. The molecule has 1 unspecified atom stereocenters. The lowest BCUT2D eigenvalue weighted by atomic mass is 9.90. The molecule has 5 rings (SSSR count). The van der Waals surface area contributed by atoms with Crippen molar-refractivity contribution in [3.63, 3.8) is 0 Å². The summed E-state index contributed by atoms with van der Waals surface area (Å²) < 4.78 is 7.22. The number of nitrogens with zero attached hydrogens (tertiary/aromatic N) is 3. The van der Waals surface area contributed by atoms with Crippen molar-refractivity contribution in [3.8, 4) is 5.75 Å². The van der Waals surface area contributed by atoms with E-state index in [0.29, 0.717) is 17.8 Å². The molecule has 3 aromatic heterocycles. The van der Waals surface area contributed by atoms with Gasteiger partial charge in [-0.3, -0.25) is 4.79 Å². The highest BCUT2D eigenvalue weighted by Gasteiger charge is 2.21. The van der Waals surface area contributed by atoms with Gasteiger partial charge in [0.15, 0.2) is 5.65 Å². The van der Waals surface area contributed by atoms with Crippen LogP contribution in [-0.4, -0.2) is 39.3 Å². The minimum absolute atomic E-state index is 0.0401. The van der Waals surface area contributed by atoms with Gasteiger partial charge in [-0.1, -0.05) is 30.3 Å². The fraction of sp³-hybridized carbons (Fsp3) is 0.250. The molecule has 5 aromatic rings. The monoisotopic (exact) mass is 467 g/mol. The number of nitrogens with one attached hydrogen (secondary N) is 2. The third-order valence-corrected chi connectivity index (χ3v) is 6.47. The Kier molecular flexibility index (Phi) is 5.99. The molecule has 0 aliphatic heterocycles. The summed E-state index contributed by atoms with van der Waals surface area (Å²) in [6.45, 7) is 6.44. The first-order chi connectivity index (χ1) is 17.0. The molecular weight excluding hydrogens is 438 g/mol. The Morgan fingerprint density at radius 2 is 1.91 bits per heavy atom. The maximum Gasteiger partial charge on any atom is 0.253 e. The van der Waals surface area contributed by atoms with Crippen molar-refractivity contribution in [2.24, 2.45) is 0 Å². The second-order valence-electron chi connectivity index (χ2n) is 9.04. The van der Waals surface area contributed by atoms with Gasteiger partial charge < -0.3 is 15.0 Å². The van der Waals surface area contributed by atoms with Gasteiger partial charge in [0.25, 0.3) is 5.91 Å². The van der Waals surface area contributed by atoms with Crippen molar-refractivity contribution in [1.29, 1.82) is 0 Å². The van der Waals surface area contributed by atoms with Crippen LogP contribution in [0, 0.1) is 6.92 Å². The number of benzene rings is 2. The van der Waals surface area contributed by atoms with E-state index in [2.05, 4.69) is 53.5 Å². The molecule has 0 saturated heterocycles. The molecule has 35 heavy (non-hydrogen) atoms. The Morgan fingerprint density at radius 1 is 1.14 bits per heavy atom. The normalized spacial score (nSPS) is 12.4. The topological polar surface area (TPSA) is 84.8 Å². The number of aryl methyl sites for hydroxylation is 1. The zero-order valence-electron chi connectivity index (χ0n) is 20.4. The van der Waals surface area contributed by atoms with Crippen LogP contribution in [-0.2, 0) is 0 Å². The van der Waals surface area contributed by atoms with Crippen LogP contribution < -0.4 is 10.1 Å². The minimum Gasteiger partial charge on any atom is -0.497 e. The van der Waals surface area contributed by atoms with Crippen LogP contribution in [0.5, 0.6) is 5.75 Å². The van der Waals surface area contributed by atoms with Gasteiger partial charge in [-0.25, -0.2) is 9.67 Å². The third kappa shape index (κ3) is 4.25. The molecule has 0 spiro atoms. The van der Waals surface area contributed by atoms with Crippen molar-refractivity contribution in [2.45, 2.75) is 32.7 Å². The summed E-state index contributed by atoms with van der Waals surface area (Å²) in [6, 6.07) is 18.3. The van der Waals surface area contributed by atoms with E-state index in [0.717, 1.165) is 38.8 Å². The van der Waals surface area contributed by atoms with Crippen molar-refractivity contribution in [2.75, 3.05) is 13.7 Å². The zero-order valence-corrected chi connectivity index (χ0v) is 20.4. The average Bonchev–Trinajstić information content (AvgIpc) is 3.48. The van der Waals surface area contributed by atoms with Crippen LogP contribution in [0.1, 0.15) is 53.0 Å². The number of aromatic amines is 1.